The van der Waals surface area contributed by atoms with E-state index in [0.717, 1.165) is 16.3 Å². The van der Waals surface area contributed by atoms with E-state index in [9.17, 15) is 9.59 Å². The Labute approximate surface area is 212 Å². The van der Waals surface area contributed by atoms with E-state index in [4.69, 9.17) is 28.6 Å². The van der Waals surface area contributed by atoms with Gasteiger partial charge in [-0.1, -0.05) is 72.3 Å². The number of halogens is 1. The van der Waals surface area contributed by atoms with Crippen molar-refractivity contribution < 1.29 is 14.3 Å². The predicted molar refractivity (Wildman–Crippen MR) is 142 cm³/mol. The van der Waals surface area contributed by atoms with Gasteiger partial charge in [0.25, 0.3) is 11.8 Å². The van der Waals surface area contributed by atoms with Gasteiger partial charge in [-0.15, -0.1) is 0 Å². The molecular weight excluding hydrogens is 480 g/mol. The minimum atomic E-state index is -0.577. The fourth-order valence-corrected chi connectivity index (χ4v) is 4.42. The average Bonchev–Trinajstić information content (AvgIpc) is 2.86. The van der Waals surface area contributed by atoms with E-state index in [0.29, 0.717) is 28.6 Å². The SMILES string of the molecule is O=C1NC(=S)N(c2ccccc2)C(=O)/C1=C\c1cc(Cl)ccc1OCc1cccc2ccccc12. The molecule has 0 aliphatic carbocycles. The number of fused-ring (bicyclic) bond motifs is 1. The Bertz CT molecular complexity index is 1500. The number of hydrogen-bond acceptors (Lipinski definition) is 4. The van der Waals surface area contributed by atoms with Crippen LogP contribution in [0.1, 0.15) is 11.1 Å². The molecule has 0 spiro atoms. The summed E-state index contributed by atoms with van der Waals surface area (Å²) in [6, 6.07) is 28.1. The first-order valence-corrected chi connectivity index (χ1v) is 11.7. The lowest BCUT2D eigenvalue weighted by Crippen LogP contribution is -2.54. The van der Waals surface area contributed by atoms with Crippen LogP contribution in [0.3, 0.4) is 0 Å². The molecule has 1 saturated heterocycles. The summed E-state index contributed by atoms with van der Waals surface area (Å²) in [7, 11) is 0. The van der Waals surface area contributed by atoms with E-state index in [1.54, 1.807) is 42.5 Å². The number of hydrogen-bond donors (Lipinski definition) is 1. The number of nitrogens with zero attached hydrogens (tertiary/aromatic N) is 1. The van der Waals surface area contributed by atoms with E-state index in [1.165, 1.54) is 11.0 Å². The number of para-hydroxylation sites is 1. The standard InChI is InChI=1S/C28H19ClN2O3S/c29-21-13-14-25(34-17-19-9-6-8-18-7-4-5-12-23(18)19)20(15-21)16-24-26(32)30-28(35)31(27(24)33)22-10-2-1-3-11-22/h1-16H,17H2,(H,30,32,35)/b24-16-. The van der Waals surface area contributed by atoms with Crippen molar-refractivity contribution in [1.29, 1.82) is 0 Å². The maximum Gasteiger partial charge on any atom is 0.270 e. The molecule has 1 aliphatic heterocycles. The lowest BCUT2D eigenvalue weighted by atomic mass is 10.0. The fraction of sp³-hybridized carbons (Fsp3) is 0.0357. The molecule has 1 N–H and O–H groups in total. The van der Waals surface area contributed by atoms with Crippen LogP contribution in [0.2, 0.25) is 5.02 Å². The molecule has 0 unspecified atom stereocenters. The van der Waals surface area contributed by atoms with Crippen molar-refractivity contribution in [2.75, 3.05) is 4.90 Å². The monoisotopic (exact) mass is 498 g/mol. The maximum absolute atomic E-state index is 13.3. The van der Waals surface area contributed by atoms with Crippen molar-refractivity contribution >= 4 is 63.3 Å². The summed E-state index contributed by atoms with van der Waals surface area (Å²) in [6.07, 6.45) is 1.49. The van der Waals surface area contributed by atoms with E-state index < -0.39 is 11.8 Å². The van der Waals surface area contributed by atoms with E-state index in [2.05, 4.69) is 5.32 Å². The quantitative estimate of drug-likeness (QED) is 0.211. The second-order valence-electron chi connectivity index (χ2n) is 7.90. The van der Waals surface area contributed by atoms with Gasteiger partial charge in [-0.2, -0.15) is 0 Å². The molecule has 0 atom stereocenters. The molecule has 1 fully saturated rings. The third-order valence-corrected chi connectivity index (χ3v) is 6.17. The number of carbonyl (C=O) groups excluding carboxylic acids is 2. The minimum Gasteiger partial charge on any atom is -0.488 e. The van der Waals surface area contributed by atoms with Gasteiger partial charge in [-0.05, 0) is 65.0 Å². The van der Waals surface area contributed by atoms with Crippen LogP contribution in [0.4, 0.5) is 5.69 Å². The maximum atomic E-state index is 13.3. The molecule has 5 rings (SSSR count). The van der Waals surface area contributed by atoms with Crippen molar-refractivity contribution in [3.63, 3.8) is 0 Å². The summed E-state index contributed by atoms with van der Waals surface area (Å²) in [6.45, 7) is 0.305. The summed E-state index contributed by atoms with van der Waals surface area (Å²) < 4.78 is 6.15. The van der Waals surface area contributed by atoms with Gasteiger partial charge >= 0.3 is 0 Å². The predicted octanol–water partition coefficient (Wildman–Crippen LogP) is 5.90. The molecule has 172 valence electrons. The summed E-state index contributed by atoms with van der Waals surface area (Å²) in [5, 5.41) is 5.29. The Balaban J connectivity index is 1.48. The van der Waals surface area contributed by atoms with Crippen LogP contribution in [-0.4, -0.2) is 16.9 Å². The number of thiocarbonyl (C=S) groups is 1. The summed E-state index contributed by atoms with van der Waals surface area (Å²) in [5.74, 6) is -0.605. The first kappa shape index (κ1) is 22.8. The first-order valence-electron chi connectivity index (χ1n) is 10.9. The van der Waals surface area contributed by atoms with Crippen LogP contribution in [0.15, 0.2) is 96.6 Å². The first-order chi connectivity index (χ1) is 17.0. The molecule has 2 amide bonds. The highest BCUT2D eigenvalue weighted by Crippen LogP contribution is 2.29. The van der Waals surface area contributed by atoms with E-state index in [1.807, 2.05) is 48.5 Å². The lowest BCUT2D eigenvalue weighted by Gasteiger charge is -2.29. The number of amides is 2. The number of rotatable bonds is 5. The molecule has 1 aliphatic rings. The molecule has 7 heteroatoms. The van der Waals surface area contributed by atoms with Gasteiger partial charge in [0.15, 0.2) is 5.11 Å². The van der Waals surface area contributed by atoms with Crippen molar-refractivity contribution in [1.82, 2.24) is 5.32 Å². The third kappa shape index (κ3) is 4.67. The van der Waals surface area contributed by atoms with Gasteiger partial charge in [-0.3, -0.25) is 19.8 Å². The number of benzene rings is 4. The van der Waals surface area contributed by atoms with E-state index in [-0.39, 0.29) is 10.7 Å². The number of carbonyl (C=O) groups is 2. The normalized spacial score (nSPS) is 14.9. The molecule has 0 saturated carbocycles. The van der Waals surface area contributed by atoms with Gasteiger partial charge in [0.05, 0.1) is 5.69 Å². The van der Waals surface area contributed by atoms with Crippen LogP contribution in [0.25, 0.3) is 16.8 Å². The van der Waals surface area contributed by atoms with Gasteiger partial charge in [0.1, 0.15) is 17.9 Å². The zero-order chi connectivity index (χ0) is 24.4. The van der Waals surface area contributed by atoms with Crippen LogP contribution in [0, 0.1) is 0 Å². The zero-order valence-electron chi connectivity index (χ0n) is 18.4. The topological polar surface area (TPSA) is 58.6 Å². The smallest absolute Gasteiger partial charge is 0.270 e. The van der Waals surface area contributed by atoms with Crippen molar-refractivity contribution in [2.24, 2.45) is 0 Å². The minimum absolute atomic E-state index is 0.0295. The molecule has 4 aromatic carbocycles. The van der Waals surface area contributed by atoms with Gasteiger partial charge in [0, 0.05) is 10.6 Å². The highest BCUT2D eigenvalue weighted by Gasteiger charge is 2.34. The summed E-state index contributed by atoms with van der Waals surface area (Å²) in [5.41, 5.74) is 2.02. The Morgan fingerprint density at radius 1 is 0.914 bits per heavy atom. The second kappa shape index (κ2) is 9.70. The largest absolute Gasteiger partial charge is 0.488 e. The zero-order valence-corrected chi connectivity index (χ0v) is 20.0. The van der Waals surface area contributed by atoms with E-state index >= 15 is 0 Å². The molecule has 5 nitrogen and oxygen atoms in total. The highest BCUT2D eigenvalue weighted by atomic mass is 35.5. The molecule has 0 aromatic heterocycles. The van der Waals surface area contributed by atoms with Crippen molar-refractivity contribution in [3.05, 3.63) is 113 Å². The Morgan fingerprint density at radius 3 is 2.49 bits per heavy atom. The number of anilines is 1. The van der Waals surface area contributed by atoms with Crippen LogP contribution >= 0.6 is 23.8 Å². The summed E-state index contributed by atoms with van der Waals surface area (Å²) >= 11 is 11.5. The van der Waals surface area contributed by atoms with Gasteiger partial charge < -0.3 is 4.74 Å². The van der Waals surface area contributed by atoms with Crippen molar-refractivity contribution in [3.8, 4) is 5.75 Å². The van der Waals surface area contributed by atoms with Crippen LogP contribution < -0.4 is 15.0 Å². The second-order valence-corrected chi connectivity index (χ2v) is 8.73. The molecular formula is C28H19ClN2O3S. The Kier molecular flexibility index (Phi) is 6.31. The van der Waals surface area contributed by atoms with Crippen molar-refractivity contribution in [2.45, 2.75) is 6.61 Å². The molecule has 1 heterocycles. The van der Waals surface area contributed by atoms with Crippen LogP contribution in [-0.2, 0) is 16.2 Å². The fourth-order valence-electron chi connectivity index (χ4n) is 3.96. The molecule has 35 heavy (non-hydrogen) atoms. The number of nitrogens with one attached hydrogen (secondary N) is 1. The Morgan fingerprint density at radius 2 is 1.66 bits per heavy atom. The Hall–Kier alpha value is -4.00. The molecule has 4 aromatic rings. The van der Waals surface area contributed by atoms with Crippen LogP contribution in [0.5, 0.6) is 5.75 Å². The molecule has 0 radical (unpaired) electrons. The van der Waals surface area contributed by atoms with Gasteiger partial charge in [0.2, 0.25) is 0 Å². The average molecular weight is 499 g/mol. The highest BCUT2D eigenvalue weighted by molar-refractivity contribution is 7.80. The lowest BCUT2D eigenvalue weighted by molar-refractivity contribution is -0.122. The van der Waals surface area contributed by atoms with Gasteiger partial charge in [-0.25, -0.2) is 0 Å². The third-order valence-electron chi connectivity index (χ3n) is 5.65. The number of ether oxygens (including phenoxy) is 1. The molecule has 0 bridgehead atoms. The summed E-state index contributed by atoms with van der Waals surface area (Å²) in [4.78, 5) is 27.3.